The lowest BCUT2D eigenvalue weighted by atomic mass is 9.75. The molecular formula is C12H24ClNO2S. The molecule has 0 radical (unpaired) electrons. The molecule has 0 N–H and O–H groups in total. The van der Waals surface area contributed by atoms with Crippen LogP contribution in [0.2, 0.25) is 0 Å². The lowest BCUT2D eigenvalue weighted by molar-refractivity contribution is 0.112. The van der Waals surface area contributed by atoms with Crippen molar-refractivity contribution in [3.05, 3.63) is 0 Å². The van der Waals surface area contributed by atoms with Gasteiger partial charge in [0.2, 0.25) is 9.05 Å². The summed E-state index contributed by atoms with van der Waals surface area (Å²) >= 11 is 0. The summed E-state index contributed by atoms with van der Waals surface area (Å²) in [6.07, 6.45) is 3.08. The van der Waals surface area contributed by atoms with Crippen LogP contribution in [0, 0.1) is 11.3 Å². The van der Waals surface area contributed by atoms with Crippen LogP contribution in [0.4, 0.5) is 0 Å². The third-order valence-corrected chi connectivity index (χ3v) is 4.91. The fraction of sp³-hybridized carbons (Fsp3) is 1.00. The Kier molecular flexibility index (Phi) is 5.29. The van der Waals surface area contributed by atoms with E-state index in [1.165, 1.54) is 12.8 Å². The summed E-state index contributed by atoms with van der Waals surface area (Å²) in [5, 5.41) is 0. The van der Waals surface area contributed by atoms with Crippen LogP contribution in [0.5, 0.6) is 0 Å². The van der Waals surface area contributed by atoms with Crippen molar-refractivity contribution in [3.8, 4) is 0 Å². The standard InChI is InChI=1S/C12H24ClNO2S/c1-12(2,3)11-5-8-14(9-6-11)7-4-10-17(13,15)16/h11H,4-10H2,1-3H3. The Labute approximate surface area is 110 Å². The summed E-state index contributed by atoms with van der Waals surface area (Å²) in [6, 6.07) is 0. The second-order valence-corrected chi connectivity index (χ2v) is 8.97. The second-order valence-electron chi connectivity index (χ2n) is 6.08. The highest BCUT2D eigenvalue weighted by Gasteiger charge is 2.28. The van der Waals surface area contributed by atoms with Gasteiger partial charge in [0, 0.05) is 10.7 Å². The van der Waals surface area contributed by atoms with Gasteiger partial charge in [-0.1, -0.05) is 20.8 Å². The first-order valence-electron chi connectivity index (χ1n) is 6.33. The van der Waals surface area contributed by atoms with Gasteiger partial charge < -0.3 is 4.90 Å². The summed E-state index contributed by atoms with van der Waals surface area (Å²) in [4.78, 5) is 2.35. The Morgan fingerprint density at radius 2 is 1.76 bits per heavy atom. The zero-order chi connectivity index (χ0) is 13.1. The van der Waals surface area contributed by atoms with Crippen LogP contribution in [0.1, 0.15) is 40.0 Å². The van der Waals surface area contributed by atoms with E-state index in [0.29, 0.717) is 11.8 Å². The topological polar surface area (TPSA) is 37.4 Å². The Morgan fingerprint density at radius 1 is 1.24 bits per heavy atom. The zero-order valence-electron chi connectivity index (χ0n) is 11.1. The van der Waals surface area contributed by atoms with Gasteiger partial charge in [-0.05, 0) is 50.2 Å². The normalized spacial score (nSPS) is 20.7. The third-order valence-electron chi connectivity index (χ3n) is 3.67. The Morgan fingerprint density at radius 3 is 2.18 bits per heavy atom. The summed E-state index contributed by atoms with van der Waals surface area (Å²) in [6.45, 7) is 9.92. The number of rotatable bonds is 4. The number of halogens is 1. The molecule has 3 nitrogen and oxygen atoms in total. The van der Waals surface area contributed by atoms with Gasteiger partial charge in [0.15, 0.2) is 0 Å². The highest BCUT2D eigenvalue weighted by atomic mass is 35.7. The number of hydrogen-bond acceptors (Lipinski definition) is 3. The molecule has 0 saturated carbocycles. The van der Waals surface area contributed by atoms with Crippen LogP contribution in [0.25, 0.3) is 0 Å². The van der Waals surface area contributed by atoms with Gasteiger partial charge >= 0.3 is 0 Å². The van der Waals surface area contributed by atoms with Crippen LogP contribution in [0.15, 0.2) is 0 Å². The molecule has 0 spiro atoms. The molecule has 0 aromatic carbocycles. The molecule has 1 saturated heterocycles. The van der Waals surface area contributed by atoms with E-state index in [0.717, 1.165) is 25.6 Å². The minimum Gasteiger partial charge on any atom is -0.303 e. The molecule has 0 unspecified atom stereocenters. The van der Waals surface area contributed by atoms with Crippen molar-refractivity contribution in [1.29, 1.82) is 0 Å². The molecule has 17 heavy (non-hydrogen) atoms. The molecule has 1 aliphatic heterocycles. The predicted molar refractivity (Wildman–Crippen MR) is 72.9 cm³/mol. The van der Waals surface area contributed by atoms with E-state index in [-0.39, 0.29) is 5.75 Å². The first kappa shape index (κ1) is 15.3. The largest absolute Gasteiger partial charge is 0.303 e. The molecule has 1 fully saturated rings. The van der Waals surface area contributed by atoms with E-state index >= 15 is 0 Å². The number of hydrogen-bond donors (Lipinski definition) is 0. The molecule has 5 heteroatoms. The Balaban J connectivity index is 2.24. The third kappa shape index (κ3) is 6.07. The Hall–Kier alpha value is 0.200. The van der Waals surface area contributed by atoms with Crippen molar-refractivity contribution >= 4 is 19.7 Å². The number of piperidine rings is 1. The van der Waals surface area contributed by atoms with E-state index in [9.17, 15) is 8.42 Å². The van der Waals surface area contributed by atoms with Crippen molar-refractivity contribution in [2.75, 3.05) is 25.4 Å². The molecule has 1 heterocycles. The molecule has 0 aromatic rings. The molecule has 1 rings (SSSR count). The van der Waals surface area contributed by atoms with Gasteiger partial charge in [-0.3, -0.25) is 0 Å². The number of likely N-dealkylation sites (tertiary alicyclic amines) is 1. The van der Waals surface area contributed by atoms with Crippen LogP contribution in [-0.2, 0) is 9.05 Å². The van der Waals surface area contributed by atoms with Crippen LogP contribution in [0.3, 0.4) is 0 Å². The van der Waals surface area contributed by atoms with E-state index in [1.807, 2.05) is 0 Å². The first-order chi connectivity index (χ1) is 7.68. The van der Waals surface area contributed by atoms with Crippen molar-refractivity contribution < 1.29 is 8.42 Å². The van der Waals surface area contributed by atoms with Crippen molar-refractivity contribution in [2.45, 2.75) is 40.0 Å². The smallest absolute Gasteiger partial charge is 0.232 e. The first-order valence-corrected chi connectivity index (χ1v) is 8.81. The lowest BCUT2D eigenvalue weighted by Gasteiger charge is -2.38. The maximum Gasteiger partial charge on any atom is 0.232 e. The van der Waals surface area contributed by atoms with Crippen LogP contribution >= 0.6 is 10.7 Å². The molecule has 0 aliphatic carbocycles. The maximum absolute atomic E-state index is 10.8. The second kappa shape index (κ2) is 5.89. The summed E-state index contributed by atoms with van der Waals surface area (Å²) in [5.41, 5.74) is 0.394. The van der Waals surface area contributed by atoms with Gasteiger partial charge in [0.05, 0.1) is 5.75 Å². The van der Waals surface area contributed by atoms with Gasteiger partial charge in [-0.2, -0.15) is 0 Å². The molecule has 1 aliphatic rings. The monoisotopic (exact) mass is 281 g/mol. The minimum atomic E-state index is -3.31. The van der Waals surface area contributed by atoms with E-state index in [2.05, 4.69) is 25.7 Å². The highest BCUT2D eigenvalue weighted by molar-refractivity contribution is 8.13. The average Bonchev–Trinajstić information content (AvgIpc) is 2.15. The van der Waals surface area contributed by atoms with Crippen molar-refractivity contribution in [1.82, 2.24) is 4.90 Å². The summed E-state index contributed by atoms with van der Waals surface area (Å²) in [5.74, 6) is 0.879. The molecular weight excluding hydrogens is 258 g/mol. The summed E-state index contributed by atoms with van der Waals surface area (Å²) in [7, 11) is 1.87. The summed E-state index contributed by atoms with van der Waals surface area (Å²) < 4.78 is 21.6. The maximum atomic E-state index is 10.8. The minimum absolute atomic E-state index is 0.0910. The predicted octanol–water partition coefficient (Wildman–Crippen LogP) is 2.70. The van der Waals surface area contributed by atoms with Crippen molar-refractivity contribution in [2.24, 2.45) is 11.3 Å². The van der Waals surface area contributed by atoms with E-state index in [1.54, 1.807) is 0 Å². The van der Waals surface area contributed by atoms with Crippen molar-refractivity contribution in [3.63, 3.8) is 0 Å². The van der Waals surface area contributed by atoms with Gasteiger partial charge in [0.25, 0.3) is 0 Å². The molecule has 0 atom stereocenters. The Bertz CT molecular complexity index is 327. The fourth-order valence-electron chi connectivity index (χ4n) is 2.48. The zero-order valence-corrected chi connectivity index (χ0v) is 12.6. The van der Waals surface area contributed by atoms with Crippen LogP contribution in [-0.4, -0.2) is 38.7 Å². The molecule has 0 aromatic heterocycles. The number of nitrogens with zero attached hydrogens (tertiary/aromatic N) is 1. The van der Waals surface area contributed by atoms with Gasteiger partial charge in [0.1, 0.15) is 0 Å². The molecule has 102 valence electrons. The molecule has 0 bridgehead atoms. The van der Waals surface area contributed by atoms with E-state index < -0.39 is 9.05 Å². The van der Waals surface area contributed by atoms with E-state index in [4.69, 9.17) is 10.7 Å². The van der Waals surface area contributed by atoms with Gasteiger partial charge in [-0.25, -0.2) is 8.42 Å². The lowest BCUT2D eigenvalue weighted by Crippen LogP contribution is -2.38. The highest BCUT2D eigenvalue weighted by Crippen LogP contribution is 2.34. The van der Waals surface area contributed by atoms with Gasteiger partial charge in [-0.15, -0.1) is 0 Å². The molecule has 0 amide bonds. The quantitative estimate of drug-likeness (QED) is 0.744. The SMILES string of the molecule is CC(C)(C)C1CCN(CCCS(=O)(=O)Cl)CC1. The van der Waals surface area contributed by atoms with Crippen LogP contribution < -0.4 is 0 Å². The average molecular weight is 282 g/mol. The fourth-order valence-corrected chi connectivity index (χ4v) is 3.28.